The van der Waals surface area contributed by atoms with E-state index in [1.165, 1.54) is 12.1 Å². The molecule has 0 saturated heterocycles. The third-order valence-electron chi connectivity index (χ3n) is 5.93. The second-order valence-electron chi connectivity index (χ2n) is 8.80. The van der Waals surface area contributed by atoms with Crippen molar-refractivity contribution in [2.45, 2.75) is 31.7 Å². The van der Waals surface area contributed by atoms with Gasteiger partial charge in [0.2, 0.25) is 21.9 Å². The summed E-state index contributed by atoms with van der Waals surface area (Å²) in [6.45, 7) is 4.16. The molecule has 1 aromatic heterocycles. The van der Waals surface area contributed by atoms with Crippen molar-refractivity contribution in [3.63, 3.8) is 0 Å². The van der Waals surface area contributed by atoms with E-state index in [0.29, 0.717) is 17.3 Å². The van der Waals surface area contributed by atoms with Crippen LogP contribution in [0.15, 0.2) is 77.8 Å². The van der Waals surface area contributed by atoms with E-state index in [0.717, 1.165) is 33.5 Å². The first-order chi connectivity index (χ1) is 17.3. The number of nitrogens with zero attached hydrogens (tertiary/aromatic N) is 2. The van der Waals surface area contributed by atoms with Gasteiger partial charge in [-0.1, -0.05) is 42.0 Å². The molecule has 2 heterocycles. The topological polar surface area (TPSA) is 113 Å². The number of carbonyl (C=O) groups excluding carboxylic acids is 1. The van der Waals surface area contributed by atoms with Crippen molar-refractivity contribution in [3.8, 4) is 11.3 Å². The second kappa shape index (κ2) is 9.52. The van der Waals surface area contributed by atoms with Crippen LogP contribution in [-0.2, 0) is 27.8 Å². The number of benzene rings is 3. The van der Waals surface area contributed by atoms with Crippen LogP contribution >= 0.6 is 0 Å². The van der Waals surface area contributed by atoms with E-state index in [4.69, 9.17) is 0 Å². The third kappa shape index (κ3) is 5.12. The van der Waals surface area contributed by atoms with Gasteiger partial charge in [0.15, 0.2) is 0 Å². The van der Waals surface area contributed by atoms with Crippen LogP contribution in [-0.4, -0.2) is 24.3 Å². The maximum atomic E-state index is 12.7. The Kier molecular flexibility index (Phi) is 6.26. The molecule has 0 unspecified atom stereocenters. The smallest absolute Gasteiger partial charge is 0.240 e. The lowest BCUT2D eigenvalue weighted by molar-refractivity contribution is -0.115. The first kappa shape index (κ1) is 23.7. The SMILES string of the molecule is Cc1ccc(CNS(=O)(=O)c2ccc(Nc3ncc4c(n3)-c3ccc(C)cc3NC(=O)C4)cc2)cc1. The summed E-state index contributed by atoms with van der Waals surface area (Å²) in [7, 11) is -3.66. The van der Waals surface area contributed by atoms with Crippen LogP contribution in [0.5, 0.6) is 0 Å². The maximum Gasteiger partial charge on any atom is 0.240 e. The van der Waals surface area contributed by atoms with Crippen LogP contribution in [0.1, 0.15) is 22.3 Å². The van der Waals surface area contributed by atoms with Crippen LogP contribution in [0.3, 0.4) is 0 Å². The van der Waals surface area contributed by atoms with E-state index in [1.54, 1.807) is 18.3 Å². The summed E-state index contributed by atoms with van der Waals surface area (Å²) in [5.41, 5.74) is 6.64. The predicted octanol–water partition coefficient (Wildman–Crippen LogP) is 4.48. The zero-order chi connectivity index (χ0) is 25.3. The fourth-order valence-electron chi connectivity index (χ4n) is 3.98. The number of amides is 1. The lowest BCUT2D eigenvalue weighted by Gasteiger charge is -2.12. The van der Waals surface area contributed by atoms with Crippen molar-refractivity contribution >= 4 is 33.3 Å². The van der Waals surface area contributed by atoms with Gasteiger partial charge in [-0.2, -0.15) is 0 Å². The molecule has 0 aliphatic carbocycles. The fourth-order valence-corrected chi connectivity index (χ4v) is 5.00. The van der Waals surface area contributed by atoms with Gasteiger partial charge in [0.1, 0.15) is 0 Å². The van der Waals surface area contributed by atoms with E-state index in [9.17, 15) is 13.2 Å². The Hall–Kier alpha value is -4.08. The summed E-state index contributed by atoms with van der Waals surface area (Å²) in [6.07, 6.45) is 1.83. The monoisotopic (exact) mass is 499 g/mol. The van der Waals surface area contributed by atoms with Gasteiger partial charge in [0.05, 0.1) is 22.7 Å². The number of hydrogen-bond donors (Lipinski definition) is 3. The van der Waals surface area contributed by atoms with Crippen LogP contribution < -0.4 is 15.4 Å². The third-order valence-corrected chi connectivity index (χ3v) is 7.34. The number of rotatable bonds is 6. The van der Waals surface area contributed by atoms with Crippen molar-refractivity contribution in [3.05, 3.63) is 95.2 Å². The first-order valence-electron chi connectivity index (χ1n) is 11.5. The van der Waals surface area contributed by atoms with Crippen LogP contribution in [0.4, 0.5) is 17.3 Å². The molecule has 36 heavy (non-hydrogen) atoms. The van der Waals surface area contributed by atoms with Gasteiger partial charge >= 0.3 is 0 Å². The van der Waals surface area contributed by atoms with Crippen molar-refractivity contribution in [1.29, 1.82) is 0 Å². The quantitative estimate of drug-likeness (QED) is 0.361. The highest BCUT2D eigenvalue weighted by Crippen LogP contribution is 2.33. The van der Waals surface area contributed by atoms with Gasteiger partial charge in [0, 0.05) is 29.6 Å². The minimum absolute atomic E-state index is 0.113. The van der Waals surface area contributed by atoms with E-state index in [-0.39, 0.29) is 23.8 Å². The molecule has 5 rings (SSSR count). The van der Waals surface area contributed by atoms with Crippen molar-refractivity contribution in [2.75, 3.05) is 10.6 Å². The van der Waals surface area contributed by atoms with Gasteiger partial charge in [-0.25, -0.2) is 23.1 Å². The molecule has 4 aromatic rings. The van der Waals surface area contributed by atoms with E-state index < -0.39 is 10.0 Å². The summed E-state index contributed by atoms with van der Waals surface area (Å²) < 4.78 is 28.1. The highest BCUT2D eigenvalue weighted by atomic mass is 32.2. The Labute approximate surface area is 209 Å². The van der Waals surface area contributed by atoms with Gasteiger partial charge in [-0.05, 0) is 55.3 Å². The molecule has 0 saturated carbocycles. The van der Waals surface area contributed by atoms with Gasteiger partial charge in [-0.15, -0.1) is 0 Å². The molecular weight excluding hydrogens is 474 g/mol. The number of carbonyl (C=O) groups is 1. The molecule has 0 atom stereocenters. The average molecular weight is 500 g/mol. The van der Waals surface area contributed by atoms with E-state index >= 15 is 0 Å². The van der Waals surface area contributed by atoms with Crippen LogP contribution in [0.2, 0.25) is 0 Å². The number of aryl methyl sites for hydroxylation is 2. The standard InChI is InChI=1S/C27H25N5O3S/c1-17-3-6-19(7-4-17)15-29-36(34,35)22-10-8-21(9-11-22)30-27-28-16-20-14-25(33)31-24-13-18(2)5-12-23(24)26(20)32-27/h3-13,16,29H,14-15H2,1-2H3,(H,31,33)(H,28,30,32). The summed E-state index contributed by atoms with van der Waals surface area (Å²) >= 11 is 0. The molecule has 1 amide bonds. The fraction of sp³-hybridized carbons (Fsp3) is 0.148. The number of fused-ring (bicyclic) bond motifs is 3. The lowest BCUT2D eigenvalue weighted by atomic mass is 10.0. The summed E-state index contributed by atoms with van der Waals surface area (Å²) in [5, 5.41) is 6.06. The molecule has 3 N–H and O–H groups in total. The van der Waals surface area contributed by atoms with Gasteiger partial charge in [0.25, 0.3) is 0 Å². The molecule has 0 fully saturated rings. The van der Waals surface area contributed by atoms with Crippen molar-refractivity contribution < 1.29 is 13.2 Å². The molecule has 1 aliphatic rings. The predicted molar refractivity (Wildman–Crippen MR) is 139 cm³/mol. The number of sulfonamides is 1. The number of anilines is 3. The Morgan fingerprint density at radius 2 is 1.67 bits per heavy atom. The number of hydrogen-bond acceptors (Lipinski definition) is 6. The zero-order valence-electron chi connectivity index (χ0n) is 19.9. The Morgan fingerprint density at radius 1 is 0.944 bits per heavy atom. The van der Waals surface area contributed by atoms with Crippen molar-refractivity contribution in [1.82, 2.24) is 14.7 Å². The highest BCUT2D eigenvalue weighted by Gasteiger charge is 2.21. The maximum absolute atomic E-state index is 12.7. The van der Waals surface area contributed by atoms with E-state index in [2.05, 4.69) is 25.3 Å². The van der Waals surface area contributed by atoms with Gasteiger partial charge < -0.3 is 10.6 Å². The molecule has 182 valence electrons. The molecule has 9 heteroatoms. The molecule has 8 nitrogen and oxygen atoms in total. The normalized spacial score (nSPS) is 12.8. The Balaban J connectivity index is 1.34. The first-order valence-corrected chi connectivity index (χ1v) is 12.9. The Bertz CT molecular complexity index is 1550. The largest absolute Gasteiger partial charge is 0.325 e. The minimum Gasteiger partial charge on any atom is -0.325 e. The van der Waals surface area contributed by atoms with E-state index in [1.807, 2.05) is 56.3 Å². The summed E-state index contributed by atoms with van der Waals surface area (Å²) in [5.74, 6) is 0.237. The molecule has 3 aromatic carbocycles. The lowest BCUT2D eigenvalue weighted by Crippen LogP contribution is -2.23. The molecule has 0 bridgehead atoms. The van der Waals surface area contributed by atoms with Gasteiger partial charge in [-0.3, -0.25) is 4.79 Å². The molecule has 0 radical (unpaired) electrons. The highest BCUT2D eigenvalue weighted by molar-refractivity contribution is 7.89. The Morgan fingerprint density at radius 3 is 2.42 bits per heavy atom. The summed E-state index contributed by atoms with van der Waals surface area (Å²) in [4.78, 5) is 21.5. The van der Waals surface area contributed by atoms with Crippen LogP contribution in [0.25, 0.3) is 11.3 Å². The molecule has 1 aliphatic heterocycles. The number of nitrogens with one attached hydrogen (secondary N) is 3. The molecule has 0 spiro atoms. The minimum atomic E-state index is -3.66. The van der Waals surface area contributed by atoms with Crippen molar-refractivity contribution in [2.24, 2.45) is 0 Å². The average Bonchev–Trinajstić information content (AvgIpc) is 2.98. The molecular formula is C27H25N5O3S. The number of aromatic nitrogens is 2. The zero-order valence-corrected chi connectivity index (χ0v) is 20.7. The summed E-state index contributed by atoms with van der Waals surface area (Å²) in [6, 6.07) is 19.9. The second-order valence-corrected chi connectivity index (χ2v) is 10.6. The van der Waals surface area contributed by atoms with Crippen LogP contribution in [0, 0.1) is 13.8 Å².